The Kier molecular flexibility index (Phi) is 6.18. The molecule has 0 aliphatic rings. The largest absolute Gasteiger partial charge is 0.489 e. The van der Waals surface area contributed by atoms with Crippen molar-refractivity contribution in [1.29, 1.82) is 0 Å². The van der Waals surface area contributed by atoms with Crippen LogP contribution in [-0.4, -0.2) is 5.91 Å². The lowest BCUT2D eigenvalue weighted by Gasteiger charge is -2.16. The van der Waals surface area contributed by atoms with Crippen LogP contribution in [0.5, 0.6) is 5.75 Å². The number of hydrogen-bond donors (Lipinski definition) is 2. The minimum atomic E-state index is -0.546. The third kappa shape index (κ3) is 5.39. The highest BCUT2D eigenvalue weighted by atomic mass is 19.1. The summed E-state index contributed by atoms with van der Waals surface area (Å²) in [6.45, 7) is 0.791. The molecule has 3 rings (SSSR count). The number of rotatable bonds is 8. The fourth-order valence-electron chi connectivity index (χ4n) is 2.75. The molecule has 27 heavy (non-hydrogen) atoms. The Morgan fingerprint density at radius 3 is 2.37 bits per heavy atom. The number of ether oxygens (including phenoxy) is 1. The van der Waals surface area contributed by atoms with Crippen LogP contribution in [0.4, 0.5) is 4.39 Å². The second-order valence-corrected chi connectivity index (χ2v) is 6.19. The van der Waals surface area contributed by atoms with Crippen LogP contribution in [0, 0.1) is 5.82 Å². The van der Waals surface area contributed by atoms with Gasteiger partial charge in [-0.1, -0.05) is 54.6 Å². The summed E-state index contributed by atoms with van der Waals surface area (Å²) in [6.07, 6.45) is 0. The van der Waals surface area contributed by atoms with Crippen LogP contribution in [0.2, 0.25) is 0 Å². The van der Waals surface area contributed by atoms with Crippen molar-refractivity contribution in [3.63, 3.8) is 0 Å². The summed E-state index contributed by atoms with van der Waals surface area (Å²) in [7, 11) is 0. The second-order valence-electron chi connectivity index (χ2n) is 6.19. The highest BCUT2D eigenvalue weighted by Crippen LogP contribution is 2.17. The van der Waals surface area contributed by atoms with Crippen LogP contribution in [0.3, 0.4) is 0 Å². The van der Waals surface area contributed by atoms with Crippen LogP contribution < -0.4 is 15.8 Å². The SMILES string of the molecule is NC(=O)[C@H](NCc1ccc(OCc2cccc(F)c2)cc1)c1ccccc1. The number of nitrogens with one attached hydrogen (secondary N) is 1. The molecular weight excluding hydrogens is 343 g/mol. The zero-order valence-electron chi connectivity index (χ0n) is 14.8. The number of halogens is 1. The number of amides is 1. The van der Waals surface area contributed by atoms with Crippen LogP contribution in [0.15, 0.2) is 78.9 Å². The van der Waals surface area contributed by atoms with Crippen molar-refractivity contribution in [3.8, 4) is 5.75 Å². The third-order valence-corrected chi connectivity index (χ3v) is 4.15. The van der Waals surface area contributed by atoms with E-state index in [1.807, 2.05) is 60.7 Å². The van der Waals surface area contributed by atoms with Gasteiger partial charge in [-0.15, -0.1) is 0 Å². The molecule has 138 valence electrons. The van der Waals surface area contributed by atoms with Gasteiger partial charge in [0.2, 0.25) is 5.91 Å². The van der Waals surface area contributed by atoms with Crippen molar-refractivity contribution in [2.24, 2.45) is 5.73 Å². The van der Waals surface area contributed by atoms with Crippen molar-refractivity contribution < 1.29 is 13.9 Å². The Morgan fingerprint density at radius 2 is 1.70 bits per heavy atom. The van der Waals surface area contributed by atoms with Gasteiger partial charge in [0.05, 0.1) is 0 Å². The standard InChI is InChI=1S/C22H21FN2O2/c23-19-8-4-5-17(13-19)15-27-20-11-9-16(10-12-20)14-25-21(22(24)26)18-6-2-1-3-7-18/h1-13,21,25H,14-15H2,(H2,24,26)/t21-/m1/s1. The summed E-state index contributed by atoms with van der Waals surface area (Å²) < 4.78 is 18.9. The monoisotopic (exact) mass is 364 g/mol. The number of benzene rings is 3. The van der Waals surface area contributed by atoms with E-state index in [9.17, 15) is 9.18 Å². The van der Waals surface area contributed by atoms with Gasteiger partial charge in [-0.05, 0) is 41.0 Å². The Hall–Kier alpha value is -3.18. The number of primary amides is 1. The maximum atomic E-state index is 13.2. The van der Waals surface area contributed by atoms with E-state index in [4.69, 9.17) is 10.5 Å². The predicted molar refractivity (Wildman–Crippen MR) is 102 cm³/mol. The average molecular weight is 364 g/mol. The number of hydrogen-bond acceptors (Lipinski definition) is 3. The third-order valence-electron chi connectivity index (χ3n) is 4.15. The van der Waals surface area contributed by atoms with Crippen LogP contribution in [0.25, 0.3) is 0 Å². The fourth-order valence-corrected chi connectivity index (χ4v) is 2.75. The van der Waals surface area contributed by atoms with E-state index in [1.165, 1.54) is 12.1 Å². The molecule has 0 saturated carbocycles. The molecule has 0 spiro atoms. The minimum absolute atomic E-state index is 0.278. The molecule has 1 atom stereocenters. The first kappa shape index (κ1) is 18.6. The van der Waals surface area contributed by atoms with E-state index < -0.39 is 11.9 Å². The molecule has 0 bridgehead atoms. The maximum absolute atomic E-state index is 13.2. The Balaban J connectivity index is 1.56. The minimum Gasteiger partial charge on any atom is -0.489 e. The summed E-state index contributed by atoms with van der Waals surface area (Å²) in [5.41, 5.74) is 8.11. The summed E-state index contributed by atoms with van der Waals surface area (Å²) in [5, 5.41) is 3.18. The van der Waals surface area contributed by atoms with Gasteiger partial charge in [0.15, 0.2) is 0 Å². The van der Waals surface area contributed by atoms with Crippen molar-refractivity contribution in [3.05, 3.63) is 101 Å². The molecule has 0 aliphatic carbocycles. The van der Waals surface area contributed by atoms with E-state index >= 15 is 0 Å². The average Bonchev–Trinajstić information content (AvgIpc) is 2.68. The van der Waals surface area contributed by atoms with Crippen molar-refractivity contribution in [2.45, 2.75) is 19.2 Å². The van der Waals surface area contributed by atoms with E-state index in [-0.39, 0.29) is 5.82 Å². The molecule has 3 aromatic rings. The van der Waals surface area contributed by atoms with Gasteiger partial charge in [-0.2, -0.15) is 0 Å². The van der Waals surface area contributed by atoms with Crippen LogP contribution in [-0.2, 0) is 17.9 Å². The predicted octanol–water partition coefficient (Wildman–Crippen LogP) is 3.72. The summed E-state index contributed by atoms with van der Waals surface area (Å²) in [5.74, 6) is -0.00582. The molecule has 0 heterocycles. The van der Waals surface area contributed by atoms with Gasteiger partial charge in [0, 0.05) is 6.54 Å². The van der Waals surface area contributed by atoms with E-state index in [0.29, 0.717) is 18.9 Å². The Bertz CT molecular complexity index is 882. The van der Waals surface area contributed by atoms with Gasteiger partial charge in [0.1, 0.15) is 24.2 Å². The van der Waals surface area contributed by atoms with Gasteiger partial charge < -0.3 is 10.5 Å². The molecule has 3 aromatic carbocycles. The summed E-state index contributed by atoms with van der Waals surface area (Å²) in [4.78, 5) is 11.7. The first-order valence-electron chi connectivity index (χ1n) is 8.65. The van der Waals surface area contributed by atoms with Crippen molar-refractivity contribution >= 4 is 5.91 Å². The second kappa shape index (κ2) is 8.96. The normalized spacial score (nSPS) is 11.7. The number of nitrogens with two attached hydrogens (primary N) is 1. The molecule has 0 aliphatic heterocycles. The van der Waals surface area contributed by atoms with Gasteiger partial charge >= 0.3 is 0 Å². The van der Waals surface area contributed by atoms with Crippen molar-refractivity contribution in [2.75, 3.05) is 0 Å². The summed E-state index contributed by atoms with van der Waals surface area (Å²) >= 11 is 0. The van der Waals surface area contributed by atoms with Gasteiger partial charge in [0.25, 0.3) is 0 Å². The van der Waals surface area contributed by atoms with Crippen LogP contribution >= 0.6 is 0 Å². The van der Waals surface area contributed by atoms with Crippen LogP contribution in [0.1, 0.15) is 22.7 Å². The smallest absolute Gasteiger partial charge is 0.239 e. The number of carbonyl (C=O) groups is 1. The molecule has 0 radical (unpaired) electrons. The van der Waals surface area contributed by atoms with E-state index in [0.717, 1.165) is 16.7 Å². The molecule has 5 heteroatoms. The quantitative estimate of drug-likeness (QED) is 0.640. The topological polar surface area (TPSA) is 64.4 Å². The Morgan fingerprint density at radius 1 is 0.963 bits per heavy atom. The zero-order valence-corrected chi connectivity index (χ0v) is 14.8. The lowest BCUT2D eigenvalue weighted by atomic mass is 10.1. The first-order valence-corrected chi connectivity index (χ1v) is 8.65. The highest BCUT2D eigenvalue weighted by Gasteiger charge is 2.16. The fraction of sp³-hybridized carbons (Fsp3) is 0.136. The maximum Gasteiger partial charge on any atom is 0.239 e. The first-order chi connectivity index (χ1) is 13.1. The molecule has 3 N–H and O–H groups in total. The molecule has 0 aromatic heterocycles. The molecule has 4 nitrogen and oxygen atoms in total. The van der Waals surface area contributed by atoms with Crippen molar-refractivity contribution in [1.82, 2.24) is 5.32 Å². The lowest BCUT2D eigenvalue weighted by molar-refractivity contribution is -0.120. The Labute approximate surface area is 157 Å². The number of carbonyl (C=O) groups excluding carboxylic acids is 1. The van der Waals surface area contributed by atoms with Gasteiger partial charge in [-0.25, -0.2) is 4.39 Å². The molecule has 1 amide bonds. The van der Waals surface area contributed by atoms with E-state index in [2.05, 4.69) is 5.32 Å². The lowest BCUT2D eigenvalue weighted by Crippen LogP contribution is -2.33. The zero-order chi connectivity index (χ0) is 19.1. The molecular formula is C22H21FN2O2. The van der Waals surface area contributed by atoms with Gasteiger partial charge in [-0.3, -0.25) is 10.1 Å². The molecule has 0 saturated heterocycles. The molecule has 0 unspecified atom stereocenters. The summed E-state index contributed by atoms with van der Waals surface area (Å²) in [6, 6.07) is 22.7. The van der Waals surface area contributed by atoms with E-state index in [1.54, 1.807) is 6.07 Å². The highest BCUT2D eigenvalue weighted by molar-refractivity contribution is 5.81. The molecule has 0 fully saturated rings.